The maximum Gasteiger partial charge on any atom is 0.329 e. The maximum atomic E-state index is 11.7. The number of hydrogen-bond donors (Lipinski definition) is 2. The second-order valence-electron chi connectivity index (χ2n) is 5.00. The molecule has 2 aromatic rings. The number of hydrogen-bond acceptors (Lipinski definition) is 4. The standard InChI is InChI=1S/C15H16N2O3/c18-14(19)15(6-9-20-10-7-15)17-13-5-8-16-12-4-2-1-3-11(12)13/h1-5,8H,6-7,9-10H2,(H,16,17)(H,18,19). The minimum atomic E-state index is -0.956. The number of benzene rings is 1. The number of pyridine rings is 1. The van der Waals surface area contributed by atoms with Crippen LogP contribution in [0.4, 0.5) is 5.69 Å². The van der Waals surface area contributed by atoms with Crippen molar-refractivity contribution in [3.63, 3.8) is 0 Å². The highest BCUT2D eigenvalue weighted by Gasteiger charge is 2.40. The SMILES string of the molecule is O=C(O)C1(Nc2ccnc3ccccc23)CCOCC1. The van der Waals surface area contributed by atoms with Gasteiger partial charge in [0.25, 0.3) is 0 Å². The highest BCUT2D eigenvalue weighted by atomic mass is 16.5. The van der Waals surface area contributed by atoms with Gasteiger partial charge in [0.1, 0.15) is 5.54 Å². The van der Waals surface area contributed by atoms with Crippen molar-refractivity contribution in [3.8, 4) is 0 Å². The molecule has 0 radical (unpaired) electrons. The van der Waals surface area contributed by atoms with Gasteiger partial charge in [-0.15, -0.1) is 0 Å². The van der Waals surface area contributed by atoms with Crippen LogP contribution in [-0.2, 0) is 9.53 Å². The minimum Gasteiger partial charge on any atom is -0.480 e. The number of carbonyl (C=O) groups is 1. The van der Waals surface area contributed by atoms with Gasteiger partial charge in [-0.25, -0.2) is 4.79 Å². The van der Waals surface area contributed by atoms with Gasteiger partial charge in [0.05, 0.1) is 5.52 Å². The van der Waals surface area contributed by atoms with Crippen LogP contribution in [0, 0.1) is 0 Å². The fourth-order valence-electron chi connectivity index (χ4n) is 2.57. The first kappa shape index (κ1) is 12.9. The first-order chi connectivity index (χ1) is 9.71. The number of carboxylic acids is 1. The van der Waals surface area contributed by atoms with E-state index in [-0.39, 0.29) is 0 Å². The van der Waals surface area contributed by atoms with Crippen molar-refractivity contribution in [1.82, 2.24) is 4.98 Å². The summed E-state index contributed by atoms with van der Waals surface area (Å²) >= 11 is 0. The number of anilines is 1. The molecule has 20 heavy (non-hydrogen) atoms. The number of aliphatic carboxylic acids is 1. The molecule has 0 spiro atoms. The molecule has 2 N–H and O–H groups in total. The summed E-state index contributed by atoms with van der Waals surface area (Å²) in [5, 5.41) is 13.7. The quantitative estimate of drug-likeness (QED) is 0.897. The van der Waals surface area contributed by atoms with Crippen LogP contribution in [0.1, 0.15) is 12.8 Å². The van der Waals surface area contributed by atoms with Crippen molar-refractivity contribution in [3.05, 3.63) is 36.5 Å². The topological polar surface area (TPSA) is 71.5 Å². The molecule has 2 heterocycles. The molecule has 0 aliphatic carbocycles. The fraction of sp³-hybridized carbons (Fsp3) is 0.333. The van der Waals surface area contributed by atoms with E-state index < -0.39 is 11.5 Å². The third-order valence-corrected chi connectivity index (χ3v) is 3.78. The van der Waals surface area contributed by atoms with Crippen molar-refractivity contribution in [2.45, 2.75) is 18.4 Å². The number of ether oxygens (including phenoxy) is 1. The monoisotopic (exact) mass is 272 g/mol. The number of fused-ring (bicyclic) bond motifs is 1. The Morgan fingerprint density at radius 1 is 1.25 bits per heavy atom. The van der Waals surface area contributed by atoms with Gasteiger partial charge in [-0.2, -0.15) is 0 Å². The summed E-state index contributed by atoms with van der Waals surface area (Å²) < 4.78 is 5.28. The number of para-hydroxylation sites is 1. The number of carboxylic acid groups (broad SMARTS) is 1. The predicted molar refractivity (Wildman–Crippen MR) is 75.8 cm³/mol. The Kier molecular flexibility index (Phi) is 3.28. The summed E-state index contributed by atoms with van der Waals surface area (Å²) in [6, 6.07) is 9.52. The summed E-state index contributed by atoms with van der Waals surface area (Å²) in [6.07, 6.45) is 2.61. The van der Waals surface area contributed by atoms with Crippen LogP contribution < -0.4 is 5.32 Å². The molecule has 0 bridgehead atoms. The third kappa shape index (κ3) is 2.20. The molecule has 1 aromatic heterocycles. The van der Waals surface area contributed by atoms with Gasteiger partial charge in [0.2, 0.25) is 0 Å². The van der Waals surface area contributed by atoms with Gasteiger partial charge < -0.3 is 15.2 Å². The Hall–Kier alpha value is -2.14. The molecule has 1 saturated heterocycles. The molecule has 0 atom stereocenters. The molecule has 1 aliphatic heterocycles. The van der Waals surface area contributed by atoms with Gasteiger partial charge in [-0.3, -0.25) is 4.98 Å². The lowest BCUT2D eigenvalue weighted by atomic mass is 9.89. The Morgan fingerprint density at radius 2 is 2.00 bits per heavy atom. The number of aromatic nitrogens is 1. The van der Waals surface area contributed by atoms with Crippen molar-refractivity contribution in [2.75, 3.05) is 18.5 Å². The summed E-state index contributed by atoms with van der Waals surface area (Å²) in [5.41, 5.74) is 0.701. The molecule has 1 aromatic carbocycles. The first-order valence-corrected chi connectivity index (χ1v) is 6.64. The van der Waals surface area contributed by atoms with Crippen molar-refractivity contribution in [2.24, 2.45) is 0 Å². The van der Waals surface area contributed by atoms with Crippen molar-refractivity contribution < 1.29 is 14.6 Å². The second kappa shape index (κ2) is 5.09. The van der Waals surface area contributed by atoms with Gasteiger partial charge in [0.15, 0.2) is 0 Å². The van der Waals surface area contributed by atoms with E-state index in [2.05, 4.69) is 10.3 Å². The molecule has 5 heteroatoms. The Balaban J connectivity index is 2.00. The van der Waals surface area contributed by atoms with Crippen LogP contribution in [0.25, 0.3) is 10.9 Å². The Bertz CT molecular complexity index is 631. The predicted octanol–water partition coefficient (Wildman–Crippen LogP) is 2.28. The lowest BCUT2D eigenvalue weighted by Crippen LogP contribution is -2.50. The largest absolute Gasteiger partial charge is 0.480 e. The zero-order valence-corrected chi connectivity index (χ0v) is 11.0. The van der Waals surface area contributed by atoms with Crippen LogP contribution in [0.3, 0.4) is 0 Å². The lowest BCUT2D eigenvalue weighted by Gasteiger charge is -2.35. The van der Waals surface area contributed by atoms with E-state index in [0.717, 1.165) is 16.6 Å². The van der Waals surface area contributed by atoms with E-state index in [0.29, 0.717) is 26.1 Å². The van der Waals surface area contributed by atoms with Crippen molar-refractivity contribution in [1.29, 1.82) is 0 Å². The molecule has 5 nitrogen and oxygen atoms in total. The molecule has 3 rings (SSSR count). The number of nitrogens with zero attached hydrogens (tertiary/aromatic N) is 1. The average molecular weight is 272 g/mol. The van der Waals surface area contributed by atoms with Crippen LogP contribution in [0.5, 0.6) is 0 Å². The van der Waals surface area contributed by atoms with Crippen LogP contribution in [0.15, 0.2) is 36.5 Å². The lowest BCUT2D eigenvalue weighted by molar-refractivity contribution is -0.145. The highest BCUT2D eigenvalue weighted by molar-refractivity contribution is 5.94. The Labute approximate surface area is 116 Å². The van der Waals surface area contributed by atoms with Gasteiger partial charge in [-0.1, -0.05) is 18.2 Å². The van der Waals surface area contributed by atoms with Crippen LogP contribution >= 0.6 is 0 Å². The number of nitrogens with one attached hydrogen (secondary N) is 1. The third-order valence-electron chi connectivity index (χ3n) is 3.78. The van der Waals surface area contributed by atoms with Crippen LogP contribution in [0.2, 0.25) is 0 Å². The van der Waals surface area contributed by atoms with Crippen molar-refractivity contribution >= 4 is 22.6 Å². The fourth-order valence-corrected chi connectivity index (χ4v) is 2.57. The minimum absolute atomic E-state index is 0.457. The van der Waals surface area contributed by atoms with E-state index in [9.17, 15) is 9.90 Å². The maximum absolute atomic E-state index is 11.7. The van der Waals surface area contributed by atoms with E-state index in [1.54, 1.807) is 6.20 Å². The van der Waals surface area contributed by atoms with Gasteiger partial charge >= 0.3 is 5.97 Å². The molecule has 0 amide bonds. The first-order valence-electron chi connectivity index (χ1n) is 6.64. The highest BCUT2D eigenvalue weighted by Crippen LogP contribution is 2.30. The average Bonchev–Trinajstić information content (AvgIpc) is 2.48. The molecular formula is C15H16N2O3. The molecular weight excluding hydrogens is 256 g/mol. The molecule has 0 unspecified atom stereocenters. The number of rotatable bonds is 3. The molecule has 0 saturated carbocycles. The van der Waals surface area contributed by atoms with E-state index in [1.807, 2.05) is 30.3 Å². The van der Waals surface area contributed by atoms with E-state index >= 15 is 0 Å². The second-order valence-corrected chi connectivity index (χ2v) is 5.00. The summed E-state index contributed by atoms with van der Waals surface area (Å²) in [4.78, 5) is 16.0. The van der Waals surface area contributed by atoms with E-state index in [4.69, 9.17) is 4.74 Å². The van der Waals surface area contributed by atoms with Gasteiger partial charge in [0, 0.05) is 43.3 Å². The van der Waals surface area contributed by atoms with E-state index in [1.165, 1.54) is 0 Å². The smallest absolute Gasteiger partial charge is 0.329 e. The Morgan fingerprint density at radius 3 is 2.75 bits per heavy atom. The van der Waals surface area contributed by atoms with Gasteiger partial charge in [-0.05, 0) is 12.1 Å². The normalized spacial score (nSPS) is 17.8. The molecule has 104 valence electrons. The van der Waals surface area contributed by atoms with Crippen LogP contribution in [-0.4, -0.2) is 34.8 Å². The summed E-state index contributed by atoms with van der Waals surface area (Å²) in [5.74, 6) is -0.832. The summed E-state index contributed by atoms with van der Waals surface area (Å²) in [6.45, 7) is 0.921. The molecule has 1 fully saturated rings. The zero-order valence-electron chi connectivity index (χ0n) is 11.0. The summed E-state index contributed by atoms with van der Waals surface area (Å²) in [7, 11) is 0. The molecule has 1 aliphatic rings. The zero-order chi connectivity index (χ0) is 14.0.